The van der Waals surface area contributed by atoms with Crippen LogP contribution in [0.2, 0.25) is 0 Å². The Morgan fingerprint density at radius 3 is 2.29 bits per heavy atom. The number of nitrogens with one attached hydrogen (secondary N) is 1. The van der Waals surface area contributed by atoms with Gasteiger partial charge in [-0.05, 0) is 12.5 Å². The molecule has 2 aliphatic rings. The van der Waals surface area contributed by atoms with Crippen molar-refractivity contribution in [3.8, 4) is 0 Å². The molecule has 0 spiro atoms. The zero-order valence-corrected chi connectivity index (χ0v) is 20.2. The van der Waals surface area contributed by atoms with Gasteiger partial charge in [0.25, 0.3) is 5.91 Å². The fraction of sp³-hybridized carbons (Fsp3) is 0.600. The van der Waals surface area contributed by atoms with Crippen LogP contribution in [0.3, 0.4) is 0 Å². The number of oxazole rings is 1. The lowest BCUT2D eigenvalue weighted by Crippen LogP contribution is -2.41. The molecule has 1 aromatic heterocycles. The number of carbonyl (C=O) groups is 1. The van der Waals surface area contributed by atoms with E-state index in [1.54, 1.807) is 0 Å². The third kappa shape index (κ3) is 7.89. The summed E-state index contributed by atoms with van der Waals surface area (Å²) in [5.41, 5.74) is 2.83. The van der Waals surface area contributed by atoms with Gasteiger partial charge in [0.2, 0.25) is 5.89 Å². The van der Waals surface area contributed by atoms with Crippen LogP contribution in [0.15, 0.2) is 34.9 Å². The summed E-state index contributed by atoms with van der Waals surface area (Å²) in [5.74, 6) is 0.370. The maximum atomic E-state index is 12.5. The van der Waals surface area contributed by atoms with Crippen molar-refractivity contribution in [3.05, 3.63) is 53.2 Å². The number of amides is 1. The Kier molecular flexibility index (Phi) is 9.46. The van der Waals surface area contributed by atoms with E-state index in [2.05, 4.69) is 56.2 Å². The second kappa shape index (κ2) is 13.0. The van der Waals surface area contributed by atoms with E-state index in [-0.39, 0.29) is 5.91 Å². The Labute approximate surface area is 202 Å². The molecule has 9 heteroatoms. The molecule has 0 aliphatic carbocycles. The monoisotopic (exact) mass is 471 g/mol. The first kappa shape index (κ1) is 24.8. The van der Waals surface area contributed by atoms with Crippen LogP contribution in [-0.4, -0.2) is 104 Å². The maximum absolute atomic E-state index is 12.5. The van der Waals surface area contributed by atoms with Crippen LogP contribution in [0.5, 0.6) is 0 Å². The summed E-state index contributed by atoms with van der Waals surface area (Å²) < 4.78 is 16.5. The number of hydrogen-bond acceptors (Lipinski definition) is 8. The second-order valence-electron chi connectivity index (χ2n) is 8.99. The number of rotatable bonds is 11. The van der Waals surface area contributed by atoms with Crippen LogP contribution in [0.4, 0.5) is 0 Å². The van der Waals surface area contributed by atoms with Crippen LogP contribution < -0.4 is 5.32 Å². The quantitative estimate of drug-likeness (QED) is 0.526. The first-order valence-electron chi connectivity index (χ1n) is 12.3. The van der Waals surface area contributed by atoms with Crippen molar-refractivity contribution in [2.45, 2.75) is 20.0 Å². The highest BCUT2D eigenvalue weighted by atomic mass is 16.5. The molecule has 9 nitrogen and oxygen atoms in total. The van der Waals surface area contributed by atoms with Gasteiger partial charge in [0.05, 0.1) is 33.0 Å². The molecule has 186 valence electrons. The first-order valence-corrected chi connectivity index (χ1v) is 12.3. The Hall–Kier alpha value is -2.30. The number of ether oxygens (including phenoxy) is 2. The number of nitrogens with zero attached hydrogens (tertiary/aromatic N) is 4. The van der Waals surface area contributed by atoms with E-state index < -0.39 is 0 Å². The fourth-order valence-electron chi connectivity index (χ4n) is 4.20. The van der Waals surface area contributed by atoms with Gasteiger partial charge in [0.1, 0.15) is 6.26 Å². The Bertz CT molecular complexity index is 876. The van der Waals surface area contributed by atoms with E-state index in [0.717, 1.165) is 78.8 Å². The topological polar surface area (TPSA) is 83.3 Å². The molecule has 2 fully saturated rings. The van der Waals surface area contributed by atoms with Gasteiger partial charge in [0, 0.05) is 58.9 Å². The number of aromatic nitrogens is 1. The van der Waals surface area contributed by atoms with Crippen LogP contribution >= 0.6 is 0 Å². The largest absolute Gasteiger partial charge is 0.447 e. The van der Waals surface area contributed by atoms with Gasteiger partial charge >= 0.3 is 0 Å². The van der Waals surface area contributed by atoms with E-state index in [9.17, 15) is 4.79 Å². The number of aryl methyl sites for hydroxylation is 1. The molecule has 4 rings (SSSR count). The minimum absolute atomic E-state index is 0.193. The van der Waals surface area contributed by atoms with Crippen molar-refractivity contribution in [1.82, 2.24) is 25.0 Å². The summed E-state index contributed by atoms with van der Waals surface area (Å²) in [4.78, 5) is 24.0. The second-order valence-corrected chi connectivity index (χ2v) is 8.99. The molecule has 2 aromatic rings. The van der Waals surface area contributed by atoms with E-state index in [4.69, 9.17) is 13.9 Å². The highest BCUT2D eigenvalue weighted by molar-refractivity contribution is 5.91. The predicted octanol–water partition coefficient (Wildman–Crippen LogP) is 1.38. The zero-order valence-electron chi connectivity index (χ0n) is 20.2. The van der Waals surface area contributed by atoms with Crippen molar-refractivity contribution in [2.24, 2.45) is 0 Å². The molecule has 2 aliphatic heterocycles. The first-order chi connectivity index (χ1) is 16.7. The Morgan fingerprint density at radius 2 is 1.62 bits per heavy atom. The summed E-state index contributed by atoms with van der Waals surface area (Å²) in [6.45, 7) is 13.5. The molecule has 0 unspecified atom stereocenters. The van der Waals surface area contributed by atoms with Gasteiger partial charge in [0.15, 0.2) is 5.69 Å². The highest BCUT2D eigenvalue weighted by Gasteiger charge is 2.18. The molecule has 0 saturated carbocycles. The van der Waals surface area contributed by atoms with Gasteiger partial charge in [-0.25, -0.2) is 4.98 Å². The van der Waals surface area contributed by atoms with Gasteiger partial charge in [-0.2, -0.15) is 0 Å². The molecule has 0 atom stereocenters. The SMILES string of the molecule is Cc1ccc(CN(CCN2CCOCC2)Cc2nc(C(=O)NCCN3CCOCC3)co2)cc1. The van der Waals surface area contributed by atoms with E-state index in [1.165, 1.54) is 17.4 Å². The molecule has 0 radical (unpaired) electrons. The van der Waals surface area contributed by atoms with E-state index in [0.29, 0.717) is 24.7 Å². The summed E-state index contributed by atoms with van der Waals surface area (Å²) in [5, 5.41) is 2.95. The van der Waals surface area contributed by atoms with Crippen molar-refractivity contribution < 1.29 is 18.7 Å². The summed E-state index contributed by atoms with van der Waals surface area (Å²) >= 11 is 0. The average molecular weight is 472 g/mol. The normalized spacial score (nSPS) is 17.8. The maximum Gasteiger partial charge on any atom is 0.273 e. The number of morpholine rings is 2. The summed E-state index contributed by atoms with van der Waals surface area (Å²) in [7, 11) is 0. The predicted molar refractivity (Wildman–Crippen MR) is 129 cm³/mol. The number of benzene rings is 1. The smallest absolute Gasteiger partial charge is 0.273 e. The third-order valence-corrected chi connectivity index (χ3v) is 6.32. The molecular weight excluding hydrogens is 434 g/mol. The summed E-state index contributed by atoms with van der Waals surface area (Å²) in [6, 6.07) is 8.61. The van der Waals surface area contributed by atoms with Crippen molar-refractivity contribution >= 4 is 5.91 Å². The lowest BCUT2D eigenvalue weighted by molar-refractivity contribution is 0.0320. The molecule has 34 heavy (non-hydrogen) atoms. The Balaban J connectivity index is 1.30. The Morgan fingerprint density at radius 1 is 0.971 bits per heavy atom. The molecule has 1 aromatic carbocycles. The molecule has 2 saturated heterocycles. The lowest BCUT2D eigenvalue weighted by atomic mass is 10.1. The third-order valence-electron chi connectivity index (χ3n) is 6.32. The minimum atomic E-state index is -0.193. The summed E-state index contributed by atoms with van der Waals surface area (Å²) in [6.07, 6.45) is 1.46. The fourth-order valence-corrected chi connectivity index (χ4v) is 4.20. The highest BCUT2D eigenvalue weighted by Crippen LogP contribution is 2.12. The van der Waals surface area contributed by atoms with Gasteiger partial charge in [-0.3, -0.25) is 19.5 Å². The number of hydrogen-bond donors (Lipinski definition) is 1. The molecule has 3 heterocycles. The van der Waals surface area contributed by atoms with Crippen molar-refractivity contribution in [2.75, 3.05) is 78.8 Å². The van der Waals surface area contributed by atoms with Crippen LogP contribution in [0, 0.1) is 6.92 Å². The molecule has 1 amide bonds. The van der Waals surface area contributed by atoms with Gasteiger partial charge < -0.3 is 19.2 Å². The van der Waals surface area contributed by atoms with Gasteiger partial charge in [-0.15, -0.1) is 0 Å². The average Bonchev–Trinajstić information content (AvgIpc) is 3.34. The van der Waals surface area contributed by atoms with Crippen molar-refractivity contribution in [1.29, 1.82) is 0 Å². The zero-order chi connectivity index (χ0) is 23.6. The standard InChI is InChI=1S/C25H37N5O4/c1-21-2-4-22(5-3-21)18-30(9-8-29-12-16-33-17-13-29)19-24-27-23(20-34-24)25(31)26-6-7-28-10-14-32-15-11-28/h2-5,20H,6-19H2,1H3,(H,26,31). The lowest BCUT2D eigenvalue weighted by Gasteiger charge is -2.29. The van der Waals surface area contributed by atoms with Crippen LogP contribution in [-0.2, 0) is 22.6 Å². The minimum Gasteiger partial charge on any atom is -0.447 e. The number of carbonyl (C=O) groups excluding carboxylic acids is 1. The van der Waals surface area contributed by atoms with E-state index in [1.807, 2.05) is 0 Å². The van der Waals surface area contributed by atoms with E-state index >= 15 is 0 Å². The van der Waals surface area contributed by atoms with Crippen LogP contribution in [0.25, 0.3) is 0 Å². The molecule has 0 bridgehead atoms. The van der Waals surface area contributed by atoms with Gasteiger partial charge in [-0.1, -0.05) is 29.8 Å². The molecular formula is C25H37N5O4. The van der Waals surface area contributed by atoms with Crippen LogP contribution in [0.1, 0.15) is 27.5 Å². The van der Waals surface area contributed by atoms with Crippen molar-refractivity contribution in [3.63, 3.8) is 0 Å². The molecule has 1 N–H and O–H groups in total.